The molecule has 0 saturated carbocycles. The molecule has 0 aliphatic heterocycles. The summed E-state index contributed by atoms with van der Waals surface area (Å²) in [4.78, 5) is 20.3. The number of aliphatic hydroxyl groups excluding tert-OH is 1. The van der Waals surface area contributed by atoms with Crippen LogP contribution in [0.3, 0.4) is 0 Å². The Bertz CT molecular complexity index is 1080. The molecule has 0 aliphatic carbocycles. The molecular formula is C21H21FN5O2+. The van der Waals surface area contributed by atoms with Crippen molar-refractivity contribution in [3.05, 3.63) is 65.9 Å². The highest BCUT2D eigenvalue weighted by Gasteiger charge is 2.25. The quantitative estimate of drug-likeness (QED) is 0.379. The summed E-state index contributed by atoms with van der Waals surface area (Å²) in [5.74, 6) is -0.672. The molecule has 0 fully saturated rings. The molecule has 2 aromatic carbocycles. The molecule has 1 unspecified atom stereocenters. The number of aromatic nitrogens is 2. The highest BCUT2D eigenvalue weighted by atomic mass is 19.1. The number of aliphatic hydroxyl groups is 1. The number of quaternary nitrogens is 1. The van der Waals surface area contributed by atoms with Crippen LogP contribution in [-0.2, 0) is 4.79 Å². The highest BCUT2D eigenvalue weighted by molar-refractivity contribution is 5.91. The molecule has 1 amide bonds. The van der Waals surface area contributed by atoms with Crippen molar-refractivity contribution in [3.63, 3.8) is 0 Å². The van der Waals surface area contributed by atoms with Gasteiger partial charge in [-0.2, -0.15) is 5.26 Å². The van der Waals surface area contributed by atoms with Gasteiger partial charge < -0.3 is 20.3 Å². The minimum Gasteiger partial charge on any atom is -0.505 e. The van der Waals surface area contributed by atoms with Gasteiger partial charge in [-0.15, -0.1) is 0 Å². The number of fused-ring (bicyclic) bond motifs is 1. The van der Waals surface area contributed by atoms with Gasteiger partial charge in [-0.05, 0) is 37.3 Å². The number of carbonyl (C=O) groups is 1. The number of carbonyl (C=O) groups excluding carboxylic acids is 1. The third kappa shape index (κ3) is 4.59. The molecule has 0 aliphatic rings. The summed E-state index contributed by atoms with van der Waals surface area (Å²) in [6.45, 7) is 1.72. The Morgan fingerprint density at radius 3 is 2.79 bits per heavy atom. The topological polar surface area (TPSA) is 106 Å². The zero-order valence-corrected chi connectivity index (χ0v) is 16.0. The van der Waals surface area contributed by atoms with Gasteiger partial charge in [0.15, 0.2) is 18.1 Å². The maximum atomic E-state index is 13.2. The van der Waals surface area contributed by atoms with Gasteiger partial charge in [-0.25, -0.2) is 9.37 Å². The van der Waals surface area contributed by atoms with Crippen LogP contribution in [0.5, 0.6) is 0 Å². The van der Waals surface area contributed by atoms with Crippen LogP contribution in [0.2, 0.25) is 0 Å². The number of rotatable bonds is 6. The van der Waals surface area contributed by atoms with E-state index in [0.717, 1.165) is 5.52 Å². The van der Waals surface area contributed by atoms with Crippen molar-refractivity contribution in [1.82, 2.24) is 9.97 Å². The summed E-state index contributed by atoms with van der Waals surface area (Å²) in [6, 6.07) is 14.4. The Morgan fingerprint density at radius 1 is 1.34 bits per heavy atom. The first kappa shape index (κ1) is 20.0. The Balaban J connectivity index is 1.75. The van der Waals surface area contributed by atoms with Gasteiger partial charge in [-0.3, -0.25) is 4.79 Å². The van der Waals surface area contributed by atoms with E-state index in [9.17, 15) is 19.6 Å². The Labute approximate surface area is 167 Å². The van der Waals surface area contributed by atoms with Crippen molar-refractivity contribution < 1.29 is 19.2 Å². The Hall–Kier alpha value is -3.70. The van der Waals surface area contributed by atoms with Gasteiger partial charge in [0, 0.05) is 5.69 Å². The van der Waals surface area contributed by atoms with Crippen molar-refractivity contribution in [2.24, 2.45) is 0 Å². The molecule has 0 radical (unpaired) electrons. The number of hydrogen-bond acceptors (Lipinski definition) is 4. The maximum absolute atomic E-state index is 13.2. The largest absolute Gasteiger partial charge is 0.505 e. The van der Waals surface area contributed by atoms with Gasteiger partial charge in [0.1, 0.15) is 23.5 Å². The molecule has 1 aromatic heterocycles. The number of nitriles is 1. The summed E-state index contributed by atoms with van der Waals surface area (Å²) < 4.78 is 13.2. The van der Waals surface area contributed by atoms with Crippen molar-refractivity contribution in [2.45, 2.75) is 13.0 Å². The number of halogens is 1. The molecule has 0 spiro atoms. The molecular weight excluding hydrogens is 373 g/mol. The van der Waals surface area contributed by atoms with E-state index in [1.807, 2.05) is 24.3 Å². The average molecular weight is 394 g/mol. The lowest BCUT2D eigenvalue weighted by Crippen LogP contribution is -3.13. The molecule has 0 saturated heterocycles. The first-order valence-corrected chi connectivity index (χ1v) is 9.05. The molecule has 0 bridgehead atoms. The molecule has 29 heavy (non-hydrogen) atoms. The summed E-state index contributed by atoms with van der Waals surface area (Å²) >= 11 is 0. The second-order valence-electron chi connectivity index (χ2n) is 6.78. The number of H-pyrrole nitrogens is 1. The number of imidazole rings is 1. The SMILES string of the molecule is C[C@H](/C(O)=C(\C#N)c1nc2ccccc2[nH]1)[NH+](C)CC(=O)Nc1cccc(F)c1. The maximum Gasteiger partial charge on any atom is 0.279 e. The van der Waals surface area contributed by atoms with E-state index in [1.165, 1.54) is 18.2 Å². The summed E-state index contributed by atoms with van der Waals surface area (Å²) in [5, 5.41) is 22.8. The Kier molecular flexibility index (Phi) is 5.90. The van der Waals surface area contributed by atoms with Crippen molar-refractivity contribution in [2.75, 3.05) is 18.9 Å². The number of benzene rings is 2. The minimum absolute atomic E-state index is 0.0145. The lowest BCUT2D eigenvalue weighted by Gasteiger charge is -2.21. The number of nitrogens with one attached hydrogen (secondary N) is 3. The number of aromatic amines is 1. The number of amides is 1. The van der Waals surface area contributed by atoms with Gasteiger partial charge >= 0.3 is 0 Å². The normalized spacial score (nSPS) is 14.0. The summed E-state index contributed by atoms with van der Waals surface area (Å²) in [6.07, 6.45) is 0. The van der Waals surface area contributed by atoms with E-state index in [2.05, 4.69) is 15.3 Å². The fourth-order valence-corrected chi connectivity index (χ4v) is 2.93. The van der Waals surface area contributed by atoms with E-state index in [-0.39, 0.29) is 29.6 Å². The van der Waals surface area contributed by atoms with Crippen LogP contribution in [0.1, 0.15) is 12.7 Å². The van der Waals surface area contributed by atoms with Gasteiger partial charge in [0.2, 0.25) is 0 Å². The second kappa shape index (κ2) is 8.54. The first-order chi connectivity index (χ1) is 13.9. The van der Waals surface area contributed by atoms with E-state index < -0.39 is 11.9 Å². The predicted molar refractivity (Wildman–Crippen MR) is 108 cm³/mol. The van der Waals surface area contributed by atoms with E-state index in [4.69, 9.17) is 0 Å². The summed E-state index contributed by atoms with van der Waals surface area (Å²) in [7, 11) is 1.72. The third-order valence-corrected chi connectivity index (χ3v) is 4.69. The van der Waals surface area contributed by atoms with Crippen LogP contribution < -0.4 is 10.2 Å². The Morgan fingerprint density at radius 2 is 2.10 bits per heavy atom. The number of nitrogens with zero attached hydrogens (tertiary/aromatic N) is 2. The zero-order chi connectivity index (χ0) is 21.0. The standard InChI is InChI=1S/C21H20FN5O2/c1-13(27(2)12-19(28)24-15-7-5-6-14(22)10-15)20(29)16(11-23)21-25-17-8-3-4-9-18(17)26-21/h3-10,13,29H,12H2,1-2H3,(H,24,28)(H,25,26)/p+1/b20-16-/t13-/m1/s1. The molecule has 3 rings (SSSR count). The fraction of sp³-hybridized carbons (Fsp3) is 0.190. The molecule has 3 aromatic rings. The lowest BCUT2D eigenvalue weighted by molar-refractivity contribution is -0.891. The van der Waals surface area contributed by atoms with Crippen LogP contribution >= 0.6 is 0 Å². The van der Waals surface area contributed by atoms with Gasteiger partial charge in [0.05, 0.1) is 18.1 Å². The van der Waals surface area contributed by atoms with Gasteiger partial charge in [0.25, 0.3) is 5.91 Å². The number of allylic oxidation sites excluding steroid dienone is 1. The monoisotopic (exact) mass is 394 g/mol. The highest BCUT2D eigenvalue weighted by Crippen LogP contribution is 2.19. The summed E-state index contributed by atoms with van der Waals surface area (Å²) in [5.41, 5.74) is 1.82. The molecule has 4 N–H and O–H groups in total. The number of hydrogen-bond donors (Lipinski definition) is 4. The van der Waals surface area contributed by atoms with Gasteiger partial charge in [-0.1, -0.05) is 18.2 Å². The lowest BCUT2D eigenvalue weighted by atomic mass is 10.1. The van der Waals surface area contributed by atoms with Crippen LogP contribution in [-0.4, -0.2) is 40.6 Å². The fourth-order valence-electron chi connectivity index (χ4n) is 2.93. The van der Waals surface area contributed by atoms with Crippen molar-refractivity contribution in [1.29, 1.82) is 5.26 Å². The van der Waals surface area contributed by atoms with Crippen LogP contribution in [0.4, 0.5) is 10.1 Å². The molecule has 148 valence electrons. The molecule has 2 atom stereocenters. The number of para-hydroxylation sites is 2. The van der Waals surface area contributed by atoms with E-state index in [0.29, 0.717) is 16.1 Å². The van der Waals surface area contributed by atoms with E-state index >= 15 is 0 Å². The van der Waals surface area contributed by atoms with Crippen LogP contribution in [0.25, 0.3) is 16.6 Å². The minimum atomic E-state index is -0.545. The third-order valence-electron chi connectivity index (χ3n) is 4.69. The molecule has 7 nitrogen and oxygen atoms in total. The second-order valence-corrected chi connectivity index (χ2v) is 6.78. The first-order valence-electron chi connectivity index (χ1n) is 9.05. The molecule has 8 heteroatoms. The zero-order valence-electron chi connectivity index (χ0n) is 16.0. The predicted octanol–water partition coefficient (Wildman–Crippen LogP) is 2.04. The van der Waals surface area contributed by atoms with Crippen LogP contribution in [0, 0.1) is 17.1 Å². The van der Waals surface area contributed by atoms with Crippen LogP contribution in [0.15, 0.2) is 54.3 Å². The molecule has 1 heterocycles. The van der Waals surface area contributed by atoms with E-state index in [1.54, 1.807) is 26.1 Å². The number of anilines is 1. The average Bonchev–Trinajstić information content (AvgIpc) is 3.11. The smallest absolute Gasteiger partial charge is 0.279 e. The van der Waals surface area contributed by atoms with Crippen molar-refractivity contribution in [3.8, 4) is 6.07 Å². The van der Waals surface area contributed by atoms with Crippen molar-refractivity contribution >= 4 is 28.2 Å². The number of likely N-dealkylation sites (N-methyl/N-ethyl adjacent to an activating group) is 1.